The minimum atomic E-state index is -0.235. The summed E-state index contributed by atoms with van der Waals surface area (Å²) in [6.07, 6.45) is 4.87. The fourth-order valence-corrected chi connectivity index (χ4v) is 2.85. The largest absolute Gasteiger partial charge is 0.357 e. The van der Waals surface area contributed by atoms with Crippen molar-refractivity contribution in [1.29, 1.82) is 0 Å². The van der Waals surface area contributed by atoms with E-state index in [1.54, 1.807) is 12.1 Å². The molecule has 1 aromatic carbocycles. The first-order valence-corrected chi connectivity index (χ1v) is 9.23. The Hall–Kier alpha value is -1.38. The fraction of sp³-hybridized carbons (Fsp3) is 0.579. The number of guanidine groups is 1. The van der Waals surface area contributed by atoms with E-state index in [9.17, 15) is 9.18 Å². The highest BCUT2D eigenvalue weighted by Gasteiger charge is 2.15. The number of rotatable bonds is 7. The molecule has 1 aliphatic heterocycles. The monoisotopic (exact) mass is 476 g/mol. The predicted octanol–water partition coefficient (Wildman–Crippen LogP) is 3.29. The lowest BCUT2D eigenvalue weighted by molar-refractivity contribution is -0.130. The zero-order valence-electron chi connectivity index (χ0n) is 15.5. The molecule has 1 saturated heterocycles. The SMILES string of the molecule is CCNC(=NCc1ccc(F)cc1)NCCCN1CCCCCC1=O.I. The molecule has 0 radical (unpaired) electrons. The zero-order chi connectivity index (χ0) is 17.9. The van der Waals surface area contributed by atoms with Crippen LogP contribution in [-0.4, -0.2) is 42.9 Å². The number of carbonyl (C=O) groups is 1. The molecule has 26 heavy (non-hydrogen) atoms. The van der Waals surface area contributed by atoms with Crippen LogP contribution in [0.4, 0.5) is 4.39 Å². The number of halogens is 2. The predicted molar refractivity (Wildman–Crippen MR) is 114 cm³/mol. The summed E-state index contributed by atoms with van der Waals surface area (Å²) in [6, 6.07) is 6.38. The molecule has 0 aliphatic carbocycles. The summed E-state index contributed by atoms with van der Waals surface area (Å²) in [5.74, 6) is 0.796. The van der Waals surface area contributed by atoms with Gasteiger partial charge in [0.2, 0.25) is 5.91 Å². The summed E-state index contributed by atoms with van der Waals surface area (Å²) in [5.41, 5.74) is 0.966. The third-order valence-electron chi connectivity index (χ3n) is 4.25. The van der Waals surface area contributed by atoms with Crippen LogP contribution in [0.15, 0.2) is 29.3 Å². The topological polar surface area (TPSA) is 56.7 Å². The van der Waals surface area contributed by atoms with E-state index in [1.807, 2.05) is 11.8 Å². The van der Waals surface area contributed by atoms with Crippen molar-refractivity contribution >= 4 is 35.8 Å². The van der Waals surface area contributed by atoms with Crippen LogP contribution < -0.4 is 10.6 Å². The number of nitrogens with one attached hydrogen (secondary N) is 2. The molecule has 1 heterocycles. The maximum atomic E-state index is 12.9. The van der Waals surface area contributed by atoms with Crippen molar-refractivity contribution < 1.29 is 9.18 Å². The van der Waals surface area contributed by atoms with E-state index in [4.69, 9.17) is 0 Å². The average Bonchev–Trinajstić information content (AvgIpc) is 2.82. The first-order chi connectivity index (χ1) is 12.2. The van der Waals surface area contributed by atoms with E-state index in [0.717, 1.165) is 63.4 Å². The van der Waals surface area contributed by atoms with Crippen LogP contribution in [0.3, 0.4) is 0 Å². The Kier molecular flexibility index (Phi) is 11.2. The number of amides is 1. The molecule has 2 rings (SSSR count). The second-order valence-electron chi connectivity index (χ2n) is 6.29. The van der Waals surface area contributed by atoms with Gasteiger partial charge in [0, 0.05) is 32.6 Å². The van der Waals surface area contributed by atoms with E-state index in [1.165, 1.54) is 12.1 Å². The number of aliphatic imine (C=N–C) groups is 1. The fourth-order valence-electron chi connectivity index (χ4n) is 2.85. The molecule has 0 bridgehead atoms. The highest BCUT2D eigenvalue weighted by atomic mass is 127. The number of likely N-dealkylation sites (tertiary alicyclic amines) is 1. The second-order valence-corrected chi connectivity index (χ2v) is 6.29. The highest BCUT2D eigenvalue weighted by molar-refractivity contribution is 14.0. The van der Waals surface area contributed by atoms with Gasteiger partial charge in [-0.25, -0.2) is 9.38 Å². The lowest BCUT2D eigenvalue weighted by Gasteiger charge is -2.20. The summed E-state index contributed by atoms with van der Waals surface area (Å²) in [5, 5.41) is 6.50. The third kappa shape index (κ3) is 8.33. The van der Waals surface area contributed by atoms with Crippen molar-refractivity contribution in [2.24, 2.45) is 4.99 Å². The Morgan fingerprint density at radius 1 is 1.19 bits per heavy atom. The minimum absolute atomic E-state index is 0. The molecule has 0 unspecified atom stereocenters. The number of carbonyl (C=O) groups excluding carboxylic acids is 1. The van der Waals surface area contributed by atoms with Crippen molar-refractivity contribution in [3.63, 3.8) is 0 Å². The molecule has 2 N–H and O–H groups in total. The molecule has 146 valence electrons. The van der Waals surface area contributed by atoms with Crippen molar-refractivity contribution in [2.45, 2.75) is 45.6 Å². The number of nitrogens with zero attached hydrogens (tertiary/aromatic N) is 2. The molecule has 1 amide bonds. The molecule has 5 nitrogen and oxygen atoms in total. The van der Waals surface area contributed by atoms with Crippen molar-refractivity contribution in [1.82, 2.24) is 15.5 Å². The minimum Gasteiger partial charge on any atom is -0.357 e. The smallest absolute Gasteiger partial charge is 0.222 e. The first kappa shape index (κ1) is 22.7. The van der Waals surface area contributed by atoms with Crippen LogP contribution in [0.25, 0.3) is 0 Å². The molecular weight excluding hydrogens is 446 g/mol. The van der Waals surface area contributed by atoms with E-state index in [0.29, 0.717) is 13.0 Å². The summed E-state index contributed by atoms with van der Waals surface area (Å²) in [4.78, 5) is 18.5. The van der Waals surface area contributed by atoms with E-state index >= 15 is 0 Å². The van der Waals surface area contributed by atoms with Gasteiger partial charge in [0.15, 0.2) is 5.96 Å². The summed E-state index contributed by atoms with van der Waals surface area (Å²) < 4.78 is 12.9. The molecule has 0 aromatic heterocycles. The maximum absolute atomic E-state index is 12.9. The lowest BCUT2D eigenvalue weighted by atomic mass is 10.2. The van der Waals surface area contributed by atoms with Crippen LogP contribution in [0.1, 0.15) is 44.6 Å². The van der Waals surface area contributed by atoms with Gasteiger partial charge in [-0.05, 0) is 43.9 Å². The zero-order valence-corrected chi connectivity index (χ0v) is 17.8. The Labute approximate surface area is 172 Å². The molecule has 1 fully saturated rings. The quantitative estimate of drug-likeness (QED) is 0.275. The van der Waals surface area contributed by atoms with Crippen molar-refractivity contribution in [3.05, 3.63) is 35.6 Å². The maximum Gasteiger partial charge on any atom is 0.222 e. The van der Waals surface area contributed by atoms with E-state index in [2.05, 4.69) is 15.6 Å². The van der Waals surface area contributed by atoms with Gasteiger partial charge in [0.1, 0.15) is 5.82 Å². The van der Waals surface area contributed by atoms with Crippen LogP contribution in [0.2, 0.25) is 0 Å². The standard InChI is InChI=1S/C19H29FN4O.HI/c1-2-21-19(23-15-16-8-10-17(20)11-9-16)22-12-6-14-24-13-5-3-4-7-18(24)25;/h8-11H,2-7,12-15H2,1H3,(H2,21,22,23);1H. The van der Waals surface area contributed by atoms with Crippen LogP contribution >= 0.6 is 24.0 Å². The van der Waals surface area contributed by atoms with Gasteiger partial charge in [0.05, 0.1) is 6.54 Å². The molecular formula is C19H30FIN4O. The molecule has 0 spiro atoms. The van der Waals surface area contributed by atoms with Crippen molar-refractivity contribution in [3.8, 4) is 0 Å². The summed E-state index contributed by atoms with van der Waals surface area (Å²) in [6.45, 7) is 5.74. The second kappa shape index (κ2) is 12.9. The lowest BCUT2D eigenvalue weighted by Crippen LogP contribution is -2.39. The third-order valence-corrected chi connectivity index (χ3v) is 4.25. The Bertz CT molecular complexity index is 565. The number of hydrogen-bond acceptors (Lipinski definition) is 2. The molecule has 1 aromatic rings. The van der Waals surface area contributed by atoms with E-state index in [-0.39, 0.29) is 35.7 Å². The van der Waals surface area contributed by atoms with Gasteiger partial charge in [-0.3, -0.25) is 4.79 Å². The summed E-state index contributed by atoms with van der Waals surface area (Å²) in [7, 11) is 0. The first-order valence-electron chi connectivity index (χ1n) is 9.23. The Balaban J connectivity index is 0.00000338. The van der Waals surface area contributed by atoms with Gasteiger partial charge < -0.3 is 15.5 Å². The van der Waals surface area contributed by atoms with Gasteiger partial charge >= 0.3 is 0 Å². The highest BCUT2D eigenvalue weighted by Crippen LogP contribution is 2.11. The van der Waals surface area contributed by atoms with E-state index < -0.39 is 0 Å². The number of hydrogen-bond donors (Lipinski definition) is 2. The Morgan fingerprint density at radius 3 is 2.69 bits per heavy atom. The summed E-state index contributed by atoms with van der Waals surface area (Å²) >= 11 is 0. The van der Waals surface area contributed by atoms with Gasteiger partial charge in [0.25, 0.3) is 0 Å². The Morgan fingerprint density at radius 2 is 1.96 bits per heavy atom. The van der Waals surface area contributed by atoms with Gasteiger partial charge in [-0.2, -0.15) is 0 Å². The molecule has 0 saturated carbocycles. The van der Waals surface area contributed by atoms with Crippen LogP contribution in [0.5, 0.6) is 0 Å². The van der Waals surface area contributed by atoms with Crippen LogP contribution in [-0.2, 0) is 11.3 Å². The van der Waals surface area contributed by atoms with Gasteiger partial charge in [-0.15, -0.1) is 24.0 Å². The van der Waals surface area contributed by atoms with Gasteiger partial charge in [-0.1, -0.05) is 18.6 Å². The van der Waals surface area contributed by atoms with Crippen molar-refractivity contribution in [2.75, 3.05) is 26.2 Å². The molecule has 0 atom stereocenters. The number of benzene rings is 1. The van der Waals surface area contributed by atoms with Crippen LogP contribution in [0, 0.1) is 5.82 Å². The molecule has 1 aliphatic rings. The average molecular weight is 476 g/mol. The molecule has 7 heteroatoms. The normalized spacial score (nSPS) is 15.2.